The lowest BCUT2D eigenvalue weighted by Crippen LogP contribution is -2.59. The summed E-state index contributed by atoms with van der Waals surface area (Å²) in [5.74, 6) is -8.94. The molecule has 2 N–H and O–H groups in total. The summed E-state index contributed by atoms with van der Waals surface area (Å²) in [6.07, 6.45) is -8.05. The number of aromatic nitrogens is 2. The van der Waals surface area contributed by atoms with Crippen LogP contribution in [0.1, 0.15) is 125 Å². The third-order valence-corrected chi connectivity index (χ3v) is 16.6. The van der Waals surface area contributed by atoms with Gasteiger partial charge in [0.2, 0.25) is 39.7 Å². The first-order valence-corrected chi connectivity index (χ1v) is 23.7. The molecule has 8 atom stereocenters. The monoisotopic (exact) mass is 943 g/mol. The highest BCUT2D eigenvalue weighted by atomic mass is 32.2. The van der Waals surface area contributed by atoms with Crippen LogP contribution in [0, 0.1) is 29.1 Å². The maximum absolute atomic E-state index is 15.1. The van der Waals surface area contributed by atoms with Crippen LogP contribution in [0.25, 0.3) is 11.0 Å². The van der Waals surface area contributed by atoms with Crippen molar-refractivity contribution in [1.82, 2.24) is 24.9 Å². The van der Waals surface area contributed by atoms with E-state index in [0.717, 1.165) is 4.90 Å². The van der Waals surface area contributed by atoms with E-state index in [-0.39, 0.29) is 58.4 Å². The lowest BCUT2D eigenvalue weighted by atomic mass is 9.77. The maximum Gasteiger partial charge on any atom is 0.428 e. The van der Waals surface area contributed by atoms with Crippen LogP contribution < -0.4 is 19.5 Å². The molecule has 2 aliphatic heterocycles. The highest BCUT2D eigenvalue weighted by Gasteiger charge is 2.68. The van der Waals surface area contributed by atoms with Gasteiger partial charge in [-0.05, 0) is 88.7 Å². The van der Waals surface area contributed by atoms with E-state index < -0.39 is 123 Å². The van der Waals surface area contributed by atoms with E-state index in [0.29, 0.717) is 48.2 Å². The molecule has 2 aromatic rings. The molecule has 65 heavy (non-hydrogen) atoms. The summed E-state index contributed by atoms with van der Waals surface area (Å²) in [5.41, 5.74) is -4.89. The Labute approximate surface area is 376 Å². The zero-order valence-electron chi connectivity index (χ0n) is 37.0. The van der Waals surface area contributed by atoms with Crippen LogP contribution >= 0.6 is 0 Å². The van der Waals surface area contributed by atoms with Crippen LogP contribution in [-0.2, 0) is 40.4 Å². The number of fused-ring (bicyclic) bond motifs is 5. The predicted molar refractivity (Wildman–Crippen MR) is 228 cm³/mol. The van der Waals surface area contributed by atoms with Crippen LogP contribution in [0.15, 0.2) is 18.2 Å². The number of halogens is 5. The Balaban J connectivity index is 0.00000700. The molecule has 3 aliphatic carbocycles. The minimum Gasteiger partial charge on any atom is -0.497 e. The fourth-order valence-corrected chi connectivity index (χ4v) is 11.3. The Morgan fingerprint density at radius 2 is 1.71 bits per heavy atom. The zero-order chi connectivity index (χ0) is 46.8. The van der Waals surface area contributed by atoms with Crippen molar-refractivity contribution in [3.05, 3.63) is 23.9 Å². The van der Waals surface area contributed by atoms with Crippen LogP contribution in [0.4, 0.5) is 22.0 Å². The standard InChI is InChI=1S/C44H58F5N5O9S.CH4/c1-7-26-32-23-54(34(26)36(56)52-42(22-28(42)35(45)46)39(58)53-64(59,60)41(5)18-19-41)38(57)27(40(2,3)4)21-33(55)63-43(44(47,48)49)17-11-13-24(43)12-9-8-10-14-30-37(62-32)51-31-20-25(61-6)15-16-29(31)50-30;/h15-16,20,24,26-28,32,34-35H,7-14,17-19,21-23H2,1-6H3,(H,52,56)(H,53,58);1H4/t24-,26-,27-,28+,32+,34+,42-,43+;/m1./s1. The highest BCUT2D eigenvalue weighted by molar-refractivity contribution is 7.91. The molecule has 3 saturated carbocycles. The number of alkyl halides is 5. The van der Waals surface area contributed by atoms with Gasteiger partial charge in [-0.25, -0.2) is 27.2 Å². The molecule has 0 unspecified atom stereocenters. The van der Waals surface area contributed by atoms with Crippen molar-refractivity contribution in [2.24, 2.45) is 29.1 Å². The van der Waals surface area contributed by atoms with Gasteiger partial charge in [0.15, 0.2) is 0 Å². The smallest absolute Gasteiger partial charge is 0.428 e. The number of aryl methyl sites for hydroxylation is 1. The number of carbonyl (C=O) groups is 4. The molecule has 2 bridgehead atoms. The number of esters is 1. The lowest BCUT2D eigenvalue weighted by molar-refractivity contribution is -0.282. The van der Waals surface area contributed by atoms with Crippen molar-refractivity contribution in [2.75, 3.05) is 13.7 Å². The number of hydrogen-bond acceptors (Lipinski definition) is 11. The lowest BCUT2D eigenvalue weighted by Gasteiger charge is -2.39. The molecule has 7 rings (SSSR count). The Bertz CT molecular complexity index is 2270. The average Bonchev–Trinajstić information content (AvgIpc) is 4.06. The van der Waals surface area contributed by atoms with Crippen LogP contribution in [0.5, 0.6) is 11.6 Å². The second-order valence-corrected chi connectivity index (χ2v) is 21.9. The molecule has 362 valence electrons. The first-order valence-electron chi connectivity index (χ1n) is 22.2. The average molecular weight is 944 g/mol. The number of amides is 3. The Morgan fingerprint density at radius 3 is 2.31 bits per heavy atom. The van der Waals surface area contributed by atoms with E-state index in [1.165, 1.54) is 14.0 Å². The number of hydrogen-bond donors (Lipinski definition) is 2. The predicted octanol–water partition coefficient (Wildman–Crippen LogP) is 7.21. The van der Waals surface area contributed by atoms with Gasteiger partial charge >= 0.3 is 12.1 Å². The van der Waals surface area contributed by atoms with Crippen molar-refractivity contribution >= 4 is 44.7 Å². The van der Waals surface area contributed by atoms with Crippen LogP contribution in [-0.4, -0.2) is 101 Å². The first kappa shape index (κ1) is 50.1. The Hall–Kier alpha value is -4.36. The van der Waals surface area contributed by atoms with Gasteiger partial charge in [0.05, 0.1) is 47.7 Å². The number of benzene rings is 1. The van der Waals surface area contributed by atoms with Crippen LogP contribution in [0.2, 0.25) is 0 Å². The summed E-state index contributed by atoms with van der Waals surface area (Å²) in [6.45, 7) is 7.64. The van der Waals surface area contributed by atoms with E-state index >= 15 is 18.0 Å². The molecule has 4 fully saturated rings. The number of rotatable bonds is 8. The summed E-state index contributed by atoms with van der Waals surface area (Å²) in [6, 6.07) is 3.53. The molecule has 1 saturated heterocycles. The Morgan fingerprint density at radius 1 is 1.02 bits per heavy atom. The highest BCUT2D eigenvalue weighted by Crippen LogP contribution is 2.53. The number of ether oxygens (including phenoxy) is 3. The van der Waals surface area contributed by atoms with E-state index in [1.807, 2.05) is 4.72 Å². The van der Waals surface area contributed by atoms with Crippen molar-refractivity contribution in [3.63, 3.8) is 0 Å². The fraction of sp³-hybridized carbons (Fsp3) is 0.733. The summed E-state index contributed by atoms with van der Waals surface area (Å²) < 4.78 is 119. The summed E-state index contributed by atoms with van der Waals surface area (Å²) >= 11 is 0. The van der Waals surface area contributed by atoms with Gasteiger partial charge in [0.25, 0.3) is 5.91 Å². The number of carbonyl (C=O) groups excluding carboxylic acids is 4. The normalized spacial score (nSPS) is 30.7. The van der Waals surface area contributed by atoms with E-state index in [9.17, 15) is 31.6 Å². The Kier molecular flexibility index (Phi) is 13.9. The maximum atomic E-state index is 15.1. The second kappa shape index (κ2) is 18.0. The largest absolute Gasteiger partial charge is 0.497 e. The molecule has 14 nitrogen and oxygen atoms in total. The van der Waals surface area contributed by atoms with Crippen LogP contribution in [0.3, 0.4) is 0 Å². The minimum atomic E-state index is -4.90. The summed E-state index contributed by atoms with van der Waals surface area (Å²) in [7, 11) is -2.84. The van der Waals surface area contributed by atoms with E-state index in [2.05, 4.69) is 5.32 Å². The van der Waals surface area contributed by atoms with Crippen molar-refractivity contribution in [1.29, 1.82) is 0 Å². The van der Waals surface area contributed by atoms with Gasteiger partial charge < -0.3 is 24.4 Å². The molecule has 20 heteroatoms. The molecule has 0 spiro atoms. The topological polar surface area (TPSA) is 183 Å². The van der Waals surface area contributed by atoms with Crippen molar-refractivity contribution in [3.8, 4) is 11.6 Å². The SMILES string of the molecule is C.CC[C@@H]1[C@@H]2CN(C(=O)[C@H](C(C)(C)C)CC(=O)O[C@@]3(C(F)(F)F)CCC[C@H]3CCCCCc3nc4ccc(OC)cc4nc3O2)[C@@H]1C(=O)N[C@]1(C(=O)NS(=O)(=O)C2(C)CC2)C[C@H]1C(F)F. The van der Waals surface area contributed by atoms with Gasteiger partial charge in [0.1, 0.15) is 29.1 Å². The molecular formula is C45H62F5N5O9S. The molecule has 1 aromatic carbocycles. The molecular weight excluding hydrogens is 882 g/mol. The molecule has 0 radical (unpaired) electrons. The first-order chi connectivity index (χ1) is 29.9. The van der Waals surface area contributed by atoms with Crippen molar-refractivity contribution in [2.45, 2.75) is 166 Å². The van der Waals surface area contributed by atoms with Gasteiger partial charge in [0, 0.05) is 17.9 Å². The quantitative estimate of drug-likeness (QED) is 0.202. The third-order valence-electron chi connectivity index (χ3n) is 14.4. The van der Waals surface area contributed by atoms with Gasteiger partial charge in [-0.2, -0.15) is 13.2 Å². The molecule has 5 aliphatic rings. The number of nitrogens with zero attached hydrogens (tertiary/aromatic N) is 3. The van der Waals surface area contributed by atoms with Gasteiger partial charge in [-0.15, -0.1) is 0 Å². The number of sulfonamides is 1. The molecule has 3 amide bonds. The summed E-state index contributed by atoms with van der Waals surface area (Å²) in [4.78, 5) is 68.3. The van der Waals surface area contributed by atoms with E-state index in [1.54, 1.807) is 45.9 Å². The molecule has 3 heterocycles. The number of nitrogens with one attached hydrogen (secondary N) is 2. The second-order valence-electron chi connectivity index (χ2n) is 19.7. The third kappa shape index (κ3) is 9.47. The molecule has 1 aromatic heterocycles. The zero-order valence-corrected chi connectivity index (χ0v) is 37.8. The fourth-order valence-electron chi connectivity index (χ4n) is 9.99. The number of methoxy groups -OCH3 is 1. The van der Waals surface area contributed by atoms with E-state index in [4.69, 9.17) is 24.2 Å². The summed E-state index contributed by atoms with van der Waals surface area (Å²) in [5, 5.41) is 2.44. The minimum absolute atomic E-state index is 0. The van der Waals surface area contributed by atoms with Gasteiger partial charge in [-0.1, -0.05) is 48.0 Å². The van der Waals surface area contributed by atoms with Crippen molar-refractivity contribution < 1.29 is 63.8 Å². The van der Waals surface area contributed by atoms with Gasteiger partial charge in [-0.3, -0.25) is 23.9 Å².